The summed E-state index contributed by atoms with van der Waals surface area (Å²) in [6.07, 6.45) is 0.823. The van der Waals surface area contributed by atoms with Gasteiger partial charge in [-0.3, -0.25) is 9.13 Å². The lowest BCUT2D eigenvalue weighted by atomic mass is 10.3. The summed E-state index contributed by atoms with van der Waals surface area (Å²) in [6, 6.07) is 0. The smallest absolute Gasteiger partial charge is 0.330 e. The van der Waals surface area contributed by atoms with Crippen molar-refractivity contribution in [3.05, 3.63) is 0 Å². The molecule has 2 N–H and O–H groups in total. The van der Waals surface area contributed by atoms with Gasteiger partial charge in [0.05, 0.1) is 26.4 Å². The second kappa shape index (κ2) is 10.9. The summed E-state index contributed by atoms with van der Waals surface area (Å²) < 4.78 is 47.3. The van der Waals surface area contributed by atoms with Crippen LogP contribution >= 0.6 is 15.2 Å². The van der Waals surface area contributed by atoms with Crippen LogP contribution in [0.25, 0.3) is 0 Å². The van der Waals surface area contributed by atoms with E-state index in [1.807, 2.05) is 0 Å². The first kappa shape index (κ1) is 21.3. The molecule has 128 valence electrons. The zero-order valence-electron chi connectivity index (χ0n) is 13.4. The molecule has 0 fully saturated rings. The normalized spacial score (nSPS) is 13.0. The molecule has 0 aromatic rings. The molecule has 0 heterocycles. The summed E-state index contributed by atoms with van der Waals surface area (Å²) in [5, 5.41) is -0.951. The first-order valence-corrected chi connectivity index (χ1v) is 10.6. The quantitative estimate of drug-likeness (QED) is 0.509. The molecule has 0 aromatic carbocycles. The van der Waals surface area contributed by atoms with Crippen LogP contribution in [0.3, 0.4) is 0 Å². The van der Waals surface area contributed by atoms with Crippen LogP contribution in [0.15, 0.2) is 0 Å². The molecule has 0 spiro atoms. The fourth-order valence-corrected chi connectivity index (χ4v) is 7.39. The van der Waals surface area contributed by atoms with Gasteiger partial charge in [0.25, 0.3) is 0 Å². The van der Waals surface area contributed by atoms with E-state index in [9.17, 15) is 9.13 Å². The third-order valence-electron chi connectivity index (χ3n) is 2.63. The maximum absolute atomic E-state index is 13.0. The summed E-state index contributed by atoms with van der Waals surface area (Å²) in [6.45, 7) is 7.96. The van der Waals surface area contributed by atoms with Crippen LogP contribution in [0.4, 0.5) is 0 Å². The van der Waals surface area contributed by atoms with E-state index in [1.54, 1.807) is 27.7 Å². The fourth-order valence-electron chi connectivity index (χ4n) is 1.93. The Morgan fingerprint density at radius 1 is 0.810 bits per heavy atom. The Hall–Kier alpha value is 0.260. The topological polar surface area (TPSA) is 97.1 Å². The van der Waals surface area contributed by atoms with Crippen molar-refractivity contribution < 1.29 is 27.2 Å². The van der Waals surface area contributed by atoms with Gasteiger partial charge in [-0.25, -0.2) is 0 Å². The highest BCUT2D eigenvalue weighted by Crippen LogP contribution is 2.71. The molecule has 0 unspecified atom stereocenters. The SMILES string of the molecule is CCOP(=O)(OCC)C(CCCN)P(=O)(OCC)OCC. The monoisotopic (exact) mass is 345 g/mol. The third-order valence-corrected chi connectivity index (χ3v) is 8.78. The predicted octanol–water partition coefficient (Wildman–Crippen LogP) is 3.58. The maximum Gasteiger partial charge on any atom is 0.345 e. The standard InChI is InChI=1S/C12H29NO6P2/c1-5-16-20(14,17-6-2)12(10-9-11-13)21(15,18-7-3)19-8-4/h12H,5-11,13H2,1-4H3. The highest BCUT2D eigenvalue weighted by molar-refractivity contribution is 7.72. The van der Waals surface area contributed by atoms with Gasteiger partial charge < -0.3 is 23.8 Å². The Bertz CT molecular complexity index is 316. The van der Waals surface area contributed by atoms with E-state index in [-0.39, 0.29) is 26.4 Å². The largest absolute Gasteiger partial charge is 0.345 e. The van der Waals surface area contributed by atoms with Crippen molar-refractivity contribution in [3.8, 4) is 0 Å². The predicted molar refractivity (Wildman–Crippen MR) is 83.8 cm³/mol. The number of hydrogen-bond acceptors (Lipinski definition) is 7. The molecule has 0 aliphatic rings. The van der Waals surface area contributed by atoms with Crippen LogP contribution in [-0.4, -0.2) is 38.4 Å². The minimum absolute atomic E-state index is 0.189. The third kappa shape index (κ3) is 6.49. The number of nitrogens with two attached hydrogens (primary N) is 1. The lowest BCUT2D eigenvalue weighted by Crippen LogP contribution is -2.19. The van der Waals surface area contributed by atoms with E-state index in [1.165, 1.54) is 0 Å². The van der Waals surface area contributed by atoms with E-state index < -0.39 is 20.6 Å². The lowest BCUT2D eigenvalue weighted by molar-refractivity contribution is 0.193. The molecule has 0 saturated carbocycles. The zero-order chi connectivity index (χ0) is 16.4. The van der Waals surface area contributed by atoms with E-state index in [0.29, 0.717) is 19.4 Å². The van der Waals surface area contributed by atoms with E-state index in [0.717, 1.165) is 0 Å². The fraction of sp³-hybridized carbons (Fsp3) is 1.00. The summed E-state index contributed by atoms with van der Waals surface area (Å²) in [7, 11) is -7.22. The van der Waals surface area contributed by atoms with Gasteiger partial charge in [-0.2, -0.15) is 0 Å². The van der Waals surface area contributed by atoms with Gasteiger partial charge in [0.1, 0.15) is 0 Å². The van der Waals surface area contributed by atoms with Crippen molar-refractivity contribution >= 4 is 15.2 Å². The summed E-state index contributed by atoms with van der Waals surface area (Å²) in [5.41, 5.74) is 5.52. The molecule has 0 saturated heterocycles. The lowest BCUT2D eigenvalue weighted by Gasteiger charge is -2.31. The maximum atomic E-state index is 13.0. The molecule has 7 nitrogen and oxygen atoms in total. The van der Waals surface area contributed by atoms with Gasteiger partial charge in [-0.1, -0.05) is 0 Å². The summed E-state index contributed by atoms with van der Waals surface area (Å²) >= 11 is 0. The average molecular weight is 345 g/mol. The molecule has 0 amide bonds. The average Bonchev–Trinajstić information content (AvgIpc) is 2.40. The van der Waals surface area contributed by atoms with Crippen LogP contribution in [0, 0.1) is 0 Å². The van der Waals surface area contributed by atoms with Crippen molar-refractivity contribution in [1.82, 2.24) is 0 Å². The van der Waals surface area contributed by atoms with Gasteiger partial charge >= 0.3 is 15.2 Å². The highest BCUT2D eigenvalue weighted by atomic mass is 31.2. The van der Waals surface area contributed by atoms with E-state index in [2.05, 4.69) is 0 Å². The molecule has 21 heavy (non-hydrogen) atoms. The van der Waals surface area contributed by atoms with Gasteiger partial charge in [0.15, 0.2) is 5.40 Å². The molecule has 9 heteroatoms. The Balaban J connectivity index is 5.57. The zero-order valence-corrected chi connectivity index (χ0v) is 15.2. The van der Waals surface area contributed by atoms with Crippen LogP contribution < -0.4 is 5.73 Å². The summed E-state index contributed by atoms with van der Waals surface area (Å²) in [5.74, 6) is 0. The molecule has 0 atom stereocenters. The van der Waals surface area contributed by atoms with E-state index in [4.69, 9.17) is 23.8 Å². The van der Waals surface area contributed by atoms with E-state index >= 15 is 0 Å². The van der Waals surface area contributed by atoms with Gasteiger partial charge in [0, 0.05) is 0 Å². The Morgan fingerprint density at radius 2 is 1.14 bits per heavy atom. The van der Waals surface area contributed by atoms with Gasteiger partial charge in [-0.05, 0) is 47.1 Å². The Kier molecular flexibility index (Phi) is 11.0. The first-order valence-electron chi connectivity index (χ1n) is 7.41. The molecule has 0 bridgehead atoms. The molecule has 0 aliphatic heterocycles. The Morgan fingerprint density at radius 3 is 1.38 bits per heavy atom. The molecule has 0 radical (unpaired) electrons. The van der Waals surface area contributed by atoms with Crippen molar-refractivity contribution in [2.45, 2.75) is 45.9 Å². The first-order chi connectivity index (χ1) is 9.94. The second-order valence-corrected chi connectivity index (χ2v) is 9.01. The van der Waals surface area contributed by atoms with Crippen molar-refractivity contribution in [2.24, 2.45) is 5.73 Å². The van der Waals surface area contributed by atoms with Crippen LogP contribution in [0.5, 0.6) is 0 Å². The van der Waals surface area contributed by atoms with Gasteiger partial charge in [-0.15, -0.1) is 0 Å². The molecule has 0 rings (SSSR count). The van der Waals surface area contributed by atoms with Crippen LogP contribution in [-0.2, 0) is 27.2 Å². The highest BCUT2D eigenvalue weighted by Gasteiger charge is 2.50. The Labute approximate surface area is 127 Å². The minimum Gasteiger partial charge on any atom is -0.330 e. The van der Waals surface area contributed by atoms with Crippen LogP contribution in [0.1, 0.15) is 40.5 Å². The minimum atomic E-state index is -3.61. The molecular formula is C12H29NO6P2. The number of rotatable bonds is 13. The summed E-state index contributed by atoms with van der Waals surface area (Å²) in [4.78, 5) is 0. The molecule has 0 aliphatic carbocycles. The van der Waals surface area contributed by atoms with Gasteiger partial charge in [0.2, 0.25) is 0 Å². The van der Waals surface area contributed by atoms with Crippen molar-refractivity contribution in [1.29, 1.82) is 0 Å². The second-order valence-electron chi connectivity index (χ2n) is 4.16. The molecule has 0 aromatic heterocycles. The van der Waals surface area contributed by atoms with Crippen molar-refractivity contribution in [3.63, 3.8) is 0 Å². The van der Waals surface area contributed by atoms with Crippen molar-refractivity contribution in [2.75, 3.05) is 33.0 Å². The van der Waals surface area contributed by atoms with Crippen LogP contribution in [0.2, 0.25) is 0 Å². The number of hydrogen-bond donors (Lipinski definition) is 1. The molecular weight excluding hydrogens is 316 g/mol.